The average Bonchev–Trinajstić information content (AvgIpc) is 3.21. The van der Waals surface area contributed by atoms with Crippen molar-refractivity contribution >= 4 is 11.6 Å². The van der Waals surface area contributed by atoms with Gasteiger partial charge in [0.2, 0.25) is 0 Å². The minimum absolute atomic E-state index is 0.0184. The number of nitrogens with zero attached hydrogens (tertiary/aromatic N) is 3. The van der Waals surface area contributed by atoms with Gasteiger partial charge in [-0.1, -0.05) is 24.3 Å². The number of nitrogens with one attached hydrogen (secondary N) is 1. The topological polar surface area (TPSA) is 76.2 Å². The Morgan fingerprint density at radius 3 is 2.78 bits per heavy atom. The molecule has 6 nitrogen and oxygen atoms in total. The zero-order valence-corrected chi connectivity index (χ0v) is 15.1. The van der Waals surface area contributed by atoms with Crippen molar-refractivity contribution in [2.45, 2.75) is 19.1 Å². The van der Waals surface area contributed by atoms with E-state index in [0.717, 1.165) is 29.9 Å². The van der Waals surface area contributed by atoms with Gasteiger partial charge in [-0.2, -0.15) is 0 Å². The molecular formula is C21H23N5O. The normalized spacial score (nSPS) is 16.0. The summed E-state index contributed by atoms with van der Waals surface area (Å²) in [4.78, 5) is 18.7. The molecule has 0 bridgehead atoms. The number of rotatable bonds is 5. The summed E-state index contributed by atoms with van der Waals surface area (Å²) in [5, 5.41) is 3.36. The molecule has 0 saturated carbocycles. The summed E-state index contributed by atoms with van der Waals surface area (Å²) >= 11 is 0. The lowest BCUT2D eigenvalue weighted by molar-refractivity contribution is 0.0718. The zero-order valence-electron chi connectivity index (χ0n) is 15.1. The van der Waals surface area contributed by atoms with Gasteiger partial charge in [0.15, 0.2) is 0 Å². The van der Waals surface area contributed by atoms with Crippen LogP contribution in [0, 0.1) is 0 Å². The van der Waals surface area contributed by atoms with Gasteiger partial charge < -0.3 is 20.5 Å². The molecule has 2 aromatic carbocycles. The number of fused-ring (bicyclic) bond motifs is 1. The Labute approximate surface area is 158 Å². The van der Waals surface area contributed by atoms with E-state index in [-0.39, 0.29) is 11.9 Å². The second kappa shape index (κ2) is 7.63. The summed E-state index contributed by atoms with van der Waals surface area (Å²) in [5.74, 6) is 0.0184. The molecule has 6 heteroatoms. The number of amides is 1. The van der Waals surface area contributed by atoms with Crippen LogP contribution in [-0.4, -0.2) is 33.4 Å². The number of nitrogens with two attached hydrogens (primary N) is 1. The number of carbonyl (C=O) groups is 1. The summed E-state index contributed by atoms with van der Waals surface area (Å²) in [6, 6.07) is 15.6. The number of imidazole rings is 1. The van der Waals surface area contributed by atoms with E-state index in [1.165, 1.54) is 0 Å². The number of hydrogen-bond donors (Lipinski definition) is 2. The van der Waals surface area contributed by atoms with Crippen LogP contribution in [0.15, 0.2) is 67.3 Å². The predicted octanol–water partition coefficient (Wildman–Crippen LogP) is 2.65. The van der Waals surface area contributed by atoms with Crippen molar-refractivity contribution < 1.29 is 4.79 Å². The third-order valence-corrected chi connectivity index (χ3v) is 4.91. The molecule has 0 fully saturated rings. The summed E-state index contributed by atoms with van der Waals surface area (Å²) in [6.45, 7) is 2.78. The first-order chi connectivity index (χ1) is 13.2. The largest absolute Gasteiger partial charge is 0.383 e. The van der Waals surface area contributed by atoms with Crippen molar-refractivity contribution in [2.75, 3.05) is 18.4 Å². The predicted molar refractivity (Wildman–Crippen MR) is 105 cm³/mol. The zero-order chi connectivity index (χ0) is 18.6. The van der Waals surface area contributed by atoms with Crippen LogP contribution in [0.4, 0.5) is 5.69 Å². The fourth-order valence-corrected chi connectivity index (χ4v) is 3.46. The van der Waals surface area contributed by atoms with Gasteiger partial charge >= 0.3 is 0 Å². The van der Waals surface area contributed by atoms with Gasteiger partial charge in [0.1, 0.15) is 0 Å². The van der Waals surface area contributed by atoms with Gasteiger partial charge in [0.25, 0.3) is 5.91 Å². The molecule has 4 rings (SSSR count). The van der Waals surface area contributed by atoms with E-state index < -0.39 is 0 Å². The second-order valence-electron chi connectivity index (χ2n) is 6.80. The van der Waals surface area contributed by atoms with E-state index in [2.05, 4.69) is 10.3 Å². The number of carbonyl (C=O) groups excluding carboxylic acids is 1. The van der Waals surface area contributed by atoms with Crippen LogP contribution in [0.5, 0.6) is 0 Å². The van der Waals surface area contributed by atoms with Gasteiger partial charge in [0, 0.05) is 55.9 Å². The van der Waals surface area contributed by atoms with E-state index in [1.54, 1.807) is 12.5 Å². The van der Waals surface area contributed by atoms with Crippen molar-refractivity contribution in [1.82, 2.24) is 14.5 Å². The lowest BCUT2D eigenvalue weighted by Gasteiger charge is -2.33. The summed E-state index contributed by atoms with van der Waals surface area (Å²) in [5.41, 5.74) is 10.2. The molecule has 0 saturated heterocycles. The number of anilines is 1. The summed E-state index contributed by atoms with van der Waals surface area (Å²) in [6.07, 6.45) is 5.50. The Bertz CT molecular complexity index is 905. The first-order valence-electron chi connectivity index (χ1n) is 9.13. The minimum atomic E-state index is -0.136. The van der Waals surface area contributed by atoms with Crippen LogP contribution in [-0.2, 0) is 13.1 Å². The molecule has 2 heterocycles. The Balaban J connectivity index is 1.38. The van der Waals surface area contributed by atoms with Crippen molar-refractivity contribution in [2.24, 2.45) is 5.73 Å². The molecule has 1 atom stereocenters. The number of hydrogen-bond acceptors (Lipinski definition) is 4. The van der Waals surface area contributed by atoms with Gasteiger partial charge in [-0.15, -0.1) is 0 Å². The molecule has 0 radical (unpaired) electrons. The Hall–Kier alpha value is -3.12. The highest BCUT2D eigenvalue weighted by Crippen LogP contribution is 2.26. The van der Waals surface area contributed by atoms with Crippen molar-refractivity contribution in [1.29, 1.82) is 0 Å². The van der Waals surface area contributed by atoms with Gasteiger partial charge in [0.05, 0.1) is 6.33 Å². The highest BCUT2D eigenvalue weighted by Gasteiger charge is 2.26. The highest BCUT2D eigenvalue weighted by atomic mass is 16.2. The standard InChI is InChI=1S/C21H23N5O/c22-20-14-26(13-17-3-1-2-4-19(17)20)21(27)16-5-7-18(8-6-16)24-10-12-25-11-9-23-15-25/h1-9,11,15,20,24H,10,12-14,22H2. The fourth-order valence-electron chi connectivity index (χ4n) is 3.46. The van der Waals surface area contributed by atoms with E-state index in [0.29, 0.717) is 18.7 Å². The Morgan fingerprint density at radius 2 is 2.00 bits per heavy atom. The van der Waals surface area contributed by atoms with Crippen LogP contribution < -0.4 is 11.1 Å². The monoisotopic (exact) mass is 361 g/mol. The molecule has 1 aromatic heterocycles. The fraction of sp³-hybridized carbons (Fsp3) is 0.238. The molecule has 0 aliphatic carbocycles. The quantitative estimate of drug-likeness (QED) is 0.732. The molecule has 3 aromatic rings. The van der Waals surface area contributed by atoms with Gasteiger partial charge in [-0.25, -0.2) is 4.98 Å². The molecular weight excluding hydrogens is 338 g/mol. The number of benzene rings is 2. The molecule has 3 N–H and O–H groups in total. The molecule has 1 aliphatic rings. The second-order valence-corrected chi connectivity index (χ2v) is 6.80. The molecule has 1 aliphatic heterocycles. The summed E-state index contributed by atoms with van der Waals surface area (Å²) < 4.78 is 2.02. The smallest absolute Gasteiger partial charge is 0.254 e. The third kappa shape index (κ3) is 3.85. The average molecular weight is 361 g/mol. The molecule has 1 amide bonds. The first kappa shape index (κ1) is 17.3. The maximum atomic E-state index is 12.9. The van der Waals surface area contributed by atoms with Crippen molar-refractivity contribution in [3.05, 3.63) is 83.9 Å². The molecule has 138 valence electrons. The van der Waals surface area contributed by atoms with E-state index in [9.17, 15) is 4.79 Å². The SMILES string of the molecule is NC1CN(C(=O)c2ccc(NCCn3ccnc3)cc2)Cc2ccccc21. The van der Waals surface area contributed by atoms with E-state index >= 15 is 0 Å². The minimum Gasteiger partial charge on any atom is -0.383 e. The Morgan fingerprint density at radius 1 is 1.19 bits per heavy atom. The van der Waals surface area contributed by atoms with Gasteiger partial charge in [-0.05, 0) is 35.4 Å². The Kier molecular flexibility index (Phi) is 4.89. The lowest BCUT2D eigenvalue weighted by atomic mass is 9.95. The van der Waals surface area contributed by atoms with Crippen LogP contribution in [0.1, 0.15) is 27.5 Å². The van der Waals surface area contributed by atoms with Crippen LogP contribution in [0.2, 0.25) is 0 Å². The molecule has 1 unspecified atom stereocenters. The number of aromatic nitrogens is 2. The van der Waals surface area contributed by atoms with E-state index in [4.69, 9.17) is 5.73 Å². The van der Waals surface area contributed by atoms with E-state index in [1.807, 2.05) is 64.2 Å². The lowest BCUT2D eigenvalue weighted by Crippen LogP contribution is -2.40. The highest BCUT2D eigenvalue weighted by molar-refractivity contribution is 5.94. The maximum Gasteiger partial charge on any atom is 0.254 e. The van der Waals surface area contributed by atoms with Crippen molar-refractivity contribution in [3.63, 3.8) is 0 Å². The van der Waals surface area contributed by atoms with Gasteiger partial charge in [-0.3, -0.25) is 4.79 Å². The van der Waals surface area contributed by atoms with Crippen LogP contribution in [0.3, 0.4) is 0 Å². The maximum absolute atomic E-state index is 12.9. The van der Waals surface area contributed by atoms with Crippen molar-refractivity contribution in [3.8, 4) is 0 Å². The summed E-state index contributed by atoms with van der Waals surface area (Å²) in [7, 11) is 0. The molecule has 27 heavy (non-hydrogen) atoms. The van der Waals surface area contributed by atoms with Crippen LogP contribution in [0.25, 0.3) is 0 Å². The first-order valence-corrected chi connectivity index (χ1v) is 9.13. The van der Waals surface area contributed by atoms with Crippen LogP contribution >= 0.6 is 0 Å². The third-order valence-electron chi connectivity index (χ3n) is 4.91. The molecule has 0 spiro atoms.